The largest absolute Gasteiger partial charge is 0.481 e. The van der Waals surface area contributed by atoms with Crippen LogP contribution < -0.4 is 0 Å². The van der Waals surface area contributed by atoms with Crippen LogP contribution in [0.1, 0.15) is 25.0 Å². The van der Waals surface area contributed by atoms with Gasteiger partial charge in [0.05, 0.1) is 0 Å². The lowest BCUT2D eigenvalue weighted by atomic mass is 9.94. The van der Waals surface area contributed by atoms with E-state index in [1.54, 1.807) is 20.9 Å². The maximum absolute atomic E-state index is 12.2. The number of carbonyl (C=O) groups is 2. The molecule has 0 radical (unpaired) electrons. The van der Waals surface area contributed by atoms with E-state index in [0.29, 0.717) is 6.54 Å². The van der Waals surface area contributed by atoms with Gasteiger partial charge in [0.2, 0.25) is 5.91 Å². The van der Waals surface area contributed by atoms with Gasteiger partial charge in [0.15, 0.2) is 0 Å². The number of aliphatic carboxylic acids is 1. The van der Waals surface area contributed by atoms with Gasteiger partial charge in [0.1, 0.15) is 5.92 Å². The lowest BCUT2D eigenvalue weighted by Crippen LogP contribution is -2.39. The molecule has 0 saturated carbocycles. The molecule has 0 aliphatic heterocycles. The first kappa shape index (κ1) is 15.2. The molecule has 1 aromatic carbocycles. The Labute approximate surface area is 114 Å². The minimum Gasteiger partial charge on any atom is -0.481 e. The second kappa shape index (κ2) is 6.36. The molecule has 1 rings (SSSR count). The van der Waals surface area contributed by atoms with Gasteiger partial charge >= 0.3 is 5.97 Å². The molecule has 0 heterocycles. The van der Waals surface area contributed by atoms with E-state index in [4.69, 9.17) is 5.11 Å². The van der Waals surface area contributed by atoms with Crippen molar-refractivity contribution in [3.05, 3.63) is 35.4 Å². The van der Waals surface area contributed by atoms with Crippen molar-refractivity contribution in [1.82, 2.24) is 4.90 Å². The van der Waals surface area contributed by atoms with E-state index in [0.717, 1.165) is 11.1 Å². The fraction of sp³-hybridized carbons (Fsp3) is 0.467. The molecule has 1 N–H and O–H groups in total. The molecule has 0 bridgehead atoms. The Hall–Kier alpha value is -1.84. The molecule has 104 valence electrons. The normalized spacial score (nSPS) is 12.3. The van der Waals surface area contributed by atoms with Crippen molar-refractivity contribution in [2.75, 3.05) is 7.05 Å². The summed E-state index contributed by atoms with van der Waals surface area (Å²) in [5.41, 5.74) is 2.13. The Morgan fingerprint density at radius 1 is 1.26 bits per heavy atom. The summed E-state index contributed by atoms with van der Waals surface area (Å²) in [7, 11) is 1.65. The maximum atomic E-state index is 12.2. The Kier molecular flexibility index (Phi) is 5.10. The fourth-order valence-electron chi connectivity index (χ4n) is 2.03. The highest BCUT2D eigenvalue weighted by Gasteiger charge is 2.31. The number of nitrogens with zero attached hydrogens (tertiary/aromatic N) is 1. The summed E-state index contributed by atoms with van der Waals surface area (Å²) in [5, 5.41) is 9.14. The van der Waals surface area contributed by atoms with Crippen LogP contribution in [0.2, 0.25) is 0 Å². The zero-order valence-electron chi connectivity index (χ0n) is 11.9. The monoisotopic (exact) mass is 263 g/mol. The predicted octanol–water partition coefficient (Wildman–Crippen LogP) is 2.31. The van der Waals surface area contributed by atoms with E-state index in [1.165, 1.54) is 4.90 Å². The highest BCUT2D eigenvalue weighted by molar-refractivity contribution is 5.97. The van der Waals surface area contributed by atoms with Gasteiger partial charge in [-0.15, -0.1) is 0 Å². The zero-order chi connectivity index (χ0) is 14.6. The Balaban J connectivity index is 2.83. The SMILES string of the molecule is Cc1ccccc1CN(C)C(=O)C(C(=O)O)C(C)C. The summed E-state index contributed by atoms with van der Waals surface area (Å²) in [6, 6.07) is 7.78. The highest BCUT2D eigenvalue weighted by atomic mass is 16.4. The number of rotatable bonds is 5. The van der Waals surface area contributed by atoms with Gasteiger partial charge < -0.3 is 10.0 Å². The molecule has 0 saturated heterocycles. The minimum absolute atomic E-state index is 0.218. The Bertz CT molecular complexity index is 468. The quantitative estimate of drug-likeness (QED) is 0.829. The van der Waals surface area contributed by atoms with E-state index in [-0.39, 0.29) is 11.8 Å². The first-order valence-corrected chi connectivity index (χ1v) is 6.37. The third kappa shape index (κ3) is 3.81. The second-order valence-corrected chi connectivity index (χ2v) is 5.18. The molecule has 19 heavy (non-hydrogen) atoms. The van der Waals surface area contributed by atoms with Crippen molar-refractivity contribution in [2.45, 2.75) is 27.3 Å². The van der Waals surface area contributed by atoms with E-state index < -0.39 is 11.9 Å². The third-order valence-corrected chi connectivity index (χ3v) is 3.24. The first-order valence-electron chi connectivity index (χ1n) is 6.37. The van der Waals surface area contributed by atoms with Crippen molar-refractivity contribution >= 4 is 11.9 Å². The average molecular weight is 263 g/mol. The summed E-state index contributed by atoms with van der Waals surface area (Å²) in [6.07, 6.45) is 0. The lowest BCUT2D eigenvalue weighted by Gasteiger charge is -2.24. The van der Waals surface area contributed by atoms with Gasteiger partial charge in [-0.3, -0.25) is 9.59 Å². The van der Waals surface area contributed by atoms with Crippen LogP contribution in [0.4, 0.5) is 0 Å². The number of carboxylic acids is 1. The van der Waals surface area contributed by atoms with E-state index in [2.05, 4.69) is 0 Å². The molecule has 1 unspecified atom stereocenters. The van der Waals surface area contributed by atoms with Crippen LogP contribution in [-0.4, -0.2) is 28.9 Å². The molecule has 1 amide bonds. The van der Waals surface area contributed by atoms with E-state index in [9.17, 15) is 9.59 Å². The maximum Gasteiger partial charge on any atom is 0.316 e. The van der Waals surface area contributed by atoms with Crippen LogP contribution in [0.5, 0.6) is 0 Å². The van der Waals surface area contributed by atoms with Crippen molar-refractivity contribution in [3.8, 4) is 0 Å². The van der Waals surface area contributed by atoms with Gasteiger partial charge in [-0.2, -0.15) is 0 Å². The molecule has 4 heteroatoms. The van der Waals surface area contributed by atoms with Crippen LogP contribution >= 0.6 is 0 Å². The number of benzene rings is 1. The standard InChI is InChI=1S/C15H21NO3/c1-10(2)13(15(18)19)14(17)16(4)9-12-8-6-5-7-11(12)3/h5-8,10,13H,9H2,1-4H3,(H,18,19). The van der Waals surface area contributed by atoms with Gasteiger partial charge in [0, 0.05) is 13.6 Å². The summed E-state index contributed by atoms with van der Waals surface area (Å²) in [5.74, 6) is -2.60. The van der Waals surface area contributed by atoms with Gasteiger partial charge in [-0.25, -0.2) is 0 Å². The number of carboxylic acid groups (broad SMARTS) is 1. The number of hydrogen-bond donors (Lipinski definition) is 1. The summed E-state index contributed by atoms with van der Waals surface area (Å²) < 4.78 is 0. The molecule has 0 spiro atoms. The van der Waals surface area contributed by atoms with Crippen molar-refractivity contribution in [2.24, 2.45) is 11.8 Å². The molecular weight excluding hydrogens is 242 g/mol. The molecule has 1 atom stereocenters. The van der Waals surface area contributed by atoms with Crippen molar-refractivity contribution in [1.29, 1.82) is 0 Å². The molecule has 0 aliphatic rings. The van der Waals surface area contributed by atoms with Crippen LogP contribution in [0, 0.1) is 18.8 Å². The first-order chi connectivity index (χ1) is 8.84. The lowest BCUT2D eigenvalue weighted by molar-refractivity contribution is -0.152. The van der Waals surface area contributed by atoms with E-state index >= 15 is 0 Å². The predicted molar refractivity (Wildman–Crippen MR) is 73.6 cm³/mol. The van der Waals surface area contributed by atoms with Gasteiger partial charge in [-0.1, -0.05) is 38.1 Å². The molecule has 1 aromatic rings. The van der Waals surface area contributed by atoms with Crippen LogP contribution in [0.3, 0.4) is 0 Å². The summed E-state index contributed by atoms with van der Waals surface area (Å²) in [6.45, 7) is 5.91. The molecule has 0 aliphatic carbocycles. The smallest absolute Gasteiger partial charge is 0.316 e. The fourth-order valence-corrected chi connectivity index (χ4v) is 2.03. The molecule has 4 nitrogen and oxygen atoms in total. The molecule has 0 aromatic heterocycles. The average Bonchev–Trinajstić information content (AvgIpc) is 2.31. The van der Waals surface area contributed by atoms with Gasteiger partial charge in [0.25, 0.3) is 0 Å². The Morgan fingerprint density at radius 3 is 2.32 bits per heavy atom. The molecular formula is C15H21NO3. The number of hydrogen-bond acceptors (Lipinski definition) is 2. The van der Waals surface area contributed by atoms with Crippen LogP contribution in [-0.2, 0) is 16.1 Å². The minimum atomic E-state index is -1.06. The van der Waals surface area contributed by atoms with Crippen molar-refractivity contribution in [3.63, 3.8) is 0 Å². The van der Waals surface area contributed by atoms with Crippen molar-refractivity contribution < 1.29 is 14.7 Å². The number of aryl methyl sites for hydroxylation is 1. The Morgan fingerprint density at radius 2 is 1.84 bits per heavy atom. The van der Waals surface area contributed by atoms with Crippen LogP contribution in [0.15, 0.2) is 24.3 Å². The number of carbonyl (C=O) groups excluding carboxylic acids is 1. The molecule has 0 fully saturated rings. The number of amides is 1. The highest BCUT2D eigenvalue weighted by Crippen LogP contribution is 2.17. The topological polar surface area (TPSA) is 57.6 Å². The second-order valence-electron chi connectivity index (χ2n) is 5.18. The third-order valence-electron chi connectivity index (χ3n) is 3.24. The summed E-state index contributed by atoms with van der Waals surface area (Å²) in [4.78, 5) is 24.8. The van der Waals surface area contributed by atoms with E-state index in [1.807, 2.05) is 31.2 Å². The van der Waals surface area contributed by atoms with Gasteiger partial charge in [-0.05, 0) is 24.0 Å². The summed E-state index contributed by atoms with van der Waals surface area (Å²) >= 11 is 0. The van der Waals surface area contributed by atoms with Crippen LogP contribution in [0.25, 0.3) is 0 Å². The zero-order valence-corrected chi connectivity index (χ0v) is 11.9.